The van der Waals surface area contributed by atoms with Crippen LogP contribution < -0.4 is 0 Å². The summed E-state index contributed by atoms with van der Waals surface area (Å²) in [6.45, 7) is 1.50. The molecular weight excluding hydrogens is 335 g/mol. The average Bonchev–Trinajstić information content (AvgIpc) is 3.11. The van der Waals surface area contributed by atoms with Crippen molar-refractivity contribution in [2.24, 2.45) is 0 Å². The van der Waals surface area contributed by atoms with E-state index in [1.54, 1.807) is 21.9 Å². The van der Waals surface area contributed by atoms with Crippen LogP contribution in [0.4, 0.5) is 4.39 Å². The van der Waals surface area contributed by atoms with E-state index in [0.29, 0.717) is 31.9 Å². The van der Waals surface area contributed by atoms with E-state index in [1.165, 1.54) is 12.1 Å². The van der Waals surface area contributed by atoms with E-state index < -0.39 is 5.82 Å². The Morgan fingerprint density at radius 3 is 2.23 bits per heavy atom. The zero-order chi connectivity index (χ0) is 18.1. The van der Waals surface area contributed by atoms with Crippen molar-refractivity contribution in [1.29, 1.82) is 0 Å². The van der Waals surface area contributed by atoms with Crippen LogP contribution in [0.5, 0.6) is 0 Å². The Balaban J connectivity index is 1.46. The lowest BCUT2D eigenvalue weighted by molar-refractivity contribution is 0.0530. The number of hydrogen-bond donors (Lipinski definition) is 1. The number of para-hydroxylation sites is 1. The number of carbonyl (C=O) groups excluding carboxylic acids is 2. The zero-order valence-corrected chi connectivity index (χ0v) is 14.0. The topological polar surface area (TPSA) is 69.3 Å². The normalized spacial score (nSPS) is 14.7. The quantitative estimate of drug-likeness (QED) is 0.769. The molecule has 1 aliphatic heterocycles. The van der Waals surface area contributed by atoms with Gasteiger partial charge >= 0.3 is 0 Å². The van der Waals surface area contributed by atoms with Crippen molar-refractivity contribution < 1.29 is 14.0 Å². The monoisotopic (exact) mass is 352 g/mol. The number of H-pyrrole nitrogens is 1. The molecule has 0 bridgehead atoms. The molecule has 0 aliphatic carbocycles. The lowest BCUT2D eigenvalue weighted by Crippen LogP contribution is -2.50. The first-order valence-corrected chi connectivity index (χ1v) is 8.41. The molecule has 26 heavy (non-hydrogen) atoms. The summed E-state index contributed by atoms with van der Waals surface area (Å²) in [7, 11) is 0. The molecule has 2 heterocycles. The maximum Gasteiger partial charge on any atom is 0.275 e. The van der Waals surface area contributed by atoms with Crippen LogP contribution in [0.25, 0.3) is 10.9 Å². The average molecular weight is 352 g/mol. The number of amides is 2. The van der Waals surface area contributed by atoms with Gasteiger partial charge in [0.2, 0.25) is 0 Å². The van der Waals surface area contributed by atoms with Crippen molar-refractivity contribution in [1.82, 2.24) is 20.0 Å². The molecule has 1 N–H and O–H groups in total. The number of rotatable bonds is 2. The van der Waals surface area contributed by atoms with Crippen LogP contribution in [0.3, 0.4) is 0 Å². The standard InChI is InChI=1S/C19H17FN4O2/c20-15-7-3-1-5-13(15)18(25)23-9-11-24(12-10-23)19(26)17-14-6-2-4-8-16(14)21-22-17/h1-8H,9-12H2,(H,21,22). The number of piperazine rings is 1. The predicted molar refractivity (Wildman–Crippen MR) is 94.3 cm³/mol. The molecule has 7 heteroatoms. The van der Waals surface area contributed by atoms with Crippen molar-refractivity contribution in [2.45, 2.75) is 0 Å². The lowest BCUT2D eigenvalue weighted by Gasteiger charge is -2.34. The van der Waals surface area contributed by atoms with Gasteiger partial charge in [-0.3, -0.25) is 14.7 Å². The highest BCUT2D eigenvalue weighted by Gasteiger charge is 2.28. The number of fused-ring (bicyclic) bond motifs is 1. The minimum absolute atomic E-state index is 0.0607. The van der Waals surface area contributed by atoms with Crippen LogP contribution in [0.2, 0.25) is 0 Å². The first-order chi connectivity index (χ1) is 12.6. The molecule has 0 atom stereocenters. The fourth-order valence-corrected chi connectivity index (χ4v) is 3.19. The van der Waals surface area contributed by atoms with Crippen molar-refractivity contribution in [3.05, 3.63) is 65.6 Å². The summed E-state index contributed by atoms with van der Waals surface area (Å²) in [6.07, 6.45) is 0. The maximum atomic E-state index is 13.8. The Morgan fingerprint density at radius 2 is 1.50 bits per heavy atom. The van der Waals surface area contributed by atoms with Gasteiger partial charge in [0.15, 0.2) is 5.69 Å². The Labute approximate surface area is 149 Å². The fourth-order valence-electron chi connectivity index (χ4n) is 3.19. The second-order valence-corrected chi connectivity index (χ2v) is 6.18. The third kappa shape index (κ3) is 2.81. The molecule has 1 saturated heterocycles. The van der Waals surface area contributed by atoms with E-state index in [-0.39, 0.29) is 17.4 Å². The summed E-state index contributed by atoms with van der Waals surface area (Å²) >= 11 is 0. The predicted octanol–water partition coefficient (Wildman–Crippen LogP) is 2.30. The molecule has 2 amide bonds. The van der Waals surface area contributed by atoms with Crippen LogP contribution >= 0.6 is 0 Å². The third-order valence-electron chi connectivity index (χ3n) is 4.63. The molecule has 132 valence electrons. The van der Waals surface area contributed by atoms with E-state index in [1.807, 2.05) is 24.3 Å². The Hall–Kier alpha value is -3.22. The number of benzene rings is 2. The third-order valence-corrected chi connectivity index (χ3v) is 4.63. The number of nitrogens with one attached hydrogen (secondary N) is 1. The lowest BCUT2D eigenvalue weighted by atomic mass is 10.1. The Morgan fingerprint density at radius 1 is 0.885 bits per heavy atom. The smallest absolute Gasteiger partial charge is 0.275 e. The summed E-state index contributed by atoms with van der Waals surface area (Å²) in [6, 6.07) is 13.4. The second kappa shape index (κ2) is 6.59. The van der Waals surface area contributed by atoms with E-state index in [4.69, 9.17) is 0 Å². The van der Waals surface area contributed by atoms with Crippen LogP contribution in [0.15, 0.2) is 48.5 Å². The maximum absolute atomic E-state index is 13.8. The van der Waals surface area contributed by atoms with E-state index in [2.05, 4.69) is 10.2 Å². The van der Waals surface area contributed by atoms with Gasteiger partial charge in [0.1, 0.15) is 5.82 Å². The molecule has 4 rings (SSSR count). The highest BCUT2D eigenvalue weighted by molar-refractivity contribution is 6.04. The molecule has 0 spiro atoms. The minimum atomic E-state index is -0.529. The number of halogens is 1. The number of aromatic amines is 1. The fraction of sp³-hybridized carbons (Fsp3) is 0.211. The van der Waals surface area contributed by atoms with Crippen molar-refractivity contribution >= 4 is 22.7 Å². The van der Waals surface area contributed by atoms with Gasteiger partial charge in [0.05, 0.1) is 11.1 Å². The van der Waals surface area contributed by atoms with Crippen LogP contribution in [0, 0.1) is 5.82 Å². The van der Waals surface area contributed by atoms with Crippen molar-refractivity contribution in [3.8, 4) is 0 Å². The Bertz CT molecular complexity index is 976. The van der Waals surface area contributed by atoms with Crippen LogP contribution in [0.1, 0.15) is 20.8 Å². The molecule has 1 fully saturated rings. The van der Waals surface area contributed by atoms with Crippen LogP contribution in [-0.2, 0) is 0 Å². The summed E-state index contributed by atoms with van der Waals surface area (Å²) in [4.78, 5) is 28.5. The second-order valence-electron chi connectivity index (χ2n) is 6.18. The molecule has 3 aromatic rings. The molecule has 1 aliphatic rings. The largest absolute Gasteiger partial charge is 0.335 e. The van der Waals surface area contributed by atoms with Gasteiger partial charge in [-0.2, -0.15) is 5.10 Å². The van der Waals surface area contributed by atoms with E-state index in [0.717, 1.165) is 10.9 Å². The van der Waals surface area contributed by atoms with Gasteiger partial charge in [-0.15, -0.1) is 0 Å². The first kappa shape index (κ1) is 16.3. The summed E-state index contributed by atoms with van der Waals surface area (Å²) in [5.41, 5.74) is 1.25. The number of nitrogens with zero attached hydrogens (tertiary/aromatic N) is 3. The summed E-state index contributed by atoms with van der Waals surface area (Å²) in [5.74, 6) is -1.04. The van der Waals surface area contributed by atoms with Gasteiger partial charge in [-0.05, 0) is 18.2 Å². The highest BCUT2D eigenvalue weighted by atomic mass is 19.1. The van der Waals surface area contributed by atoms with E-state index >= 15 is 0 Å². The summed E-state index contributed by atoms with van der Waals surface area (Å²) < 4.78 is 13.8. The van der Waals surface area contributed by atoms with Gasteiger partial charge in [0, 0.05) is 31.6 Å². The molecule has 0 unspecified atom stereocenters. The molecule has 1 aromatic heterocycles. The zero-order valence-electron chi connectivity index (χ0n) is 14.0. The molecule has 0 saturated carbocycles. The molecular formula is C19H17FN4O2. The van der Waals surface area contributed by atoms with Gasteiger partial charge in [0.25, 0.3) is 11.8 Å². The van der Waals surface area contributed by atoms with Gasteiger partial charge < -0.3 is 9.80 Å². The molecule has 2 aromatic carbocycles. The SMILES string of the molecule is O=C(c1ccccc1F)N1CCN(C(=O)c2n[nH]c3ccccc23)CC1. The highest BCUT2D eigenvalue weighted by Crippen LogP contribution is 2.18. The minimum Gasteiger partial charge on any atom is -0.335 e. The number of hydrogen-bond acceptors (Lipinski definition) is 3. The van der Waals surface area contributed by atoms with Crippen LogP contribution in [-0.4, -0.2) is 58.0 Å². The first-order valence-electron chi connectivity index (χ1n) is 8.41. The van der Waals surface area contributed by atoms with Crippen molar-refractivity contribution in [2.75, 3.05) is 26.2 Å². The number of aromatic nitrogens is 2. The number of carbonyl (C=O) groups is 2. The van der Waals surface area contributed by atoms with Gasteiger partial charge in [-0.25, -0.2) is 4.39 Å². The van der Waals surface area contributed by atoms with Crippen molar-refractivity contribution in [3.63, 3.8) is 0 Å². The Kier molecular flexibility index (Phi) is 4.12. The molecule has 0 radical (unpaired) electrons. The summed E-state index contributed by atoms with van der Waals surface area (Å²) in [5, 5.41) is 7.78. The van der Waals surface area contributed by atoms with E-state index in [9.17, 15) is 14.0 Å². The van der Waals surface area contributed by atoms with Gasteiger partial charge in [-0.1, -0.05) is 30.3 Å². The molecule has 6 nitrogen and oxygen atoms in total.